The van der Waals surface area contributed by atoms with Gasteiger partial charge in [0.05, 0.1) is 24.6 Å². The molecule has 0 spiro atoms. The molecule has 0 aliphatic carbocycles. The molecule has 1 aliphatic rings. The average molecular weight is 249 g/mol. The molecule has 0 amide bonds. The highest BCUT2D eigenvalue weighted by Crippen LogP contribution is 2.24. The molecule has 0 radical (unpaired) electrons. The van der Waals surface area contributed by atoms with Crippen molar-refractivity contribution in [2.24, 2.45) is 0 Å². The summed E-state index contributed by atoms with van der Waals surface area (Å²) < 4.78 is 5.69. The van der Waals surface area contributed by atoms with Gasteiger partial charge in [-0.3, -0.25) is 4.98 Å². The van der Waals surface area contributed by atoms with Crippen molar-refractivity contribution in [1.29, 1.82) is 0 Å². The van der Waals surface area contributed by atoms with Gasteiger partial charge in [-0.1, -0.05) is 6.92 Å². The lowest BCUT2D eigenvalue weighted by molar-refractivity contribution is 0.0343. The average Bonchev–Trinajstić information content (AvgIpc) is 2.39. The SMILES string of the molecule is CCNCc1ccncc1N1CC(C)OCC1C. The highest BCUT2D eigenvalue weighted by Gasteiger charge is 2.25. The van der Waals surface area contributed by atoms with Gasteiger partial charge in [0.2, 0.25) is 0 Å². The second kappa shape index (κ2) is 6.16. The van der Waals surface area contributed by atoms with E-state index in [1.807, 2.05) is 12.4 Å². The standard InChI is InChI=1S/C14H23N3O/c1-4-15-7-13-5-6-16-8-14(13)17-9-12(3)18-10-11(17)2/h5-6,8,11-12,15H,4,7,9-10H2,1-3H3. The number of rotatable bonds is 4. The topological polar surface area (TPSA) is 37.4 Å². The zero-order valence-corrected chi connectivity index (χ0v) is 11.5. The number of nitrogens with one attached hydrogen (secondary N) is 1. The molecule has 4 nitrogen and oxygen atoms in total. The Hall–Kier alpha value is -1.13. The summed E-state index contributed by atoms with van der Waals surface area (Å²) in [5.41, 5.74) is 2.55. The lowest BCUT2D eigenvalue weighted by Crippen LogP contribution is -2.48. The second-order valence-electron chi connectivity index (χ2n) is 4.93. The number of hydrogen-bond acceptors (Lipinski definition) is 4. The van der Waals surface area contributed by atoms with E-state index in [4.69, 9.17) is 4.74 Å². The van der Waals surface area contributed by atoms with Crippen LogP contribution >= 0.6 is 0 Å². The predicted octanol–water partition coefficient (Wildman–Crippen LogP) is 1.80. The highest BCUT2D eigenvalue weighted by atomic mass is 16.5. The smallest absolute Gasteiger partial charge is 0.0723 e. The Labute approximate surface area is 109 Å². The maximum Gasteiger partial charge on any atom is 0.0723 e. The van der Waals surface area contributed by atoms with E-state index < -0.39 is 0 Å². The molecule has 2 unspecified atom stereocenters. The fourth-order valence-corrected chi connectivity index (χ4v) is 2.32. The number of pyridine rings is 1. The van der Waals surface area contributed by atoms with Crippen LogP contribution in [0.15, 0.2) is 18.5 Å². The second-order valence-corrected chi connectivity index (χ2v) is 4.93. The summed E-state index contributed by atoms with van der Waals surface area (Å²) in [6.07, 6.45) is 4.12. The third-order valence-electron chi connectivity index (χ3n) is 3.37. The molecule has 0 saturated carbocycles. The normalized spacial score (nSPS) is 24.3. The van der Waals surface area contributed by atoms with E-state index in [-0.39, 0.29) is 6.10 Å². The quantitative estimate of drug-likeness (QED) is 0.883. The van der Waals surface area contributed by atoms with E-state index in [1.54, 1.807) is 0 Å². The number of ether oxygens (including phenoxy) is 1. The van der Waals surface area contributed by atoms with Crippen molar-refractivity contribution in [3.8, 4) is 0 Å². The summed E-state index contributed by atoms with van der Waals surface area (Å²) in [6.45, 7) is 10.1. The molecule has 1 saturated heterocycles. The fourth-order valence-electron chi connectivity index (χ4n) is 2.32. The third kappa shape index (κ3) is 3.00. The number of morpholine rings is 1. The summed E-state index contributed by atoms with van der Waals surface area (Å²) in [5.74, 6) is 0. The first kappa shape index (κ1) is 13.3. The van der Waals surface area contributed by atoms with Gasteiger partial charge in [-0.2, -0.15) is 0 Å². The zero-order valence-electron chi connectivity index (χ0n) is 11.5. The number of nitrogens with zero attached hydrogens (tertiary/aromatic N) is 2. The van der Waals surface area contributed by atoms with Crippen LogP contribution in [-0.2, 0) is 11.3 Å². The highest BCUT2D eigenvalue weighted by molar-refractivity contribution is 5.53. The molecule has 100 valence electrons. The first-order chi connectivity index (χ1) is 8.72. The van der Waals surface area contributed by atoms with Crippen molar-refractivity contribution in [3.63, 3.8) is 0 Å². The van der Waals surface area contributed by atoms with Gasteiger partial charge in [-0.25, -0.2) is 0 Å². The van der Waals surface area contributed by atoms with Crippen LogP contribution in [0.3, 0.4) is 0 Å². The van der Waals surface area contributed by atoms with Crippen molar-refractivity contribution in [2.45, 2.75) is 39.5 Å². The van der Waals surface area contributed by atoms with Crippen LogP contribution in [0, 0.1) is 0 Å². The Morgan fingerprint density at radius 1 is 1.50 bits per heavy atom. The molecule has 1 aliphatic heterocycles. The summed E-state index contributed by atoms with van der Waals surface area (Å²) >= 11 is 0. The summed E-state index contributed by atoms with van der Waals surface area (Å²) in [7, 11) is 0. The number of anilines is 1. The Morgan fingerprint density at radius 2 is 2.33 bits per heavy atom. The molecule has 2 rings (SSSR count). The van der Waals surface area contributed by atoms with Gasteiger partial charge in [0.25, 0.3) is 0 Å². The van der Waals surface area contributed by atoms with E-state index in [1.165, 1.54) is 11.3 Å². The van der Waals surface area contributed by atoms with Crippen LogP contribution in [-0.4, -0.2) is 36.8 Å². The van der Waals surface area contributed by atoms with Crippen LogP contribution < -0.4 is 10.2 Å². The Kier molecular flexibility index (Phi) is 4.55. The monoisotopic (exact) mass is 249 g/mol. The number of aromatic nitrogens is 1. The van der Waals surface area contributed by atoms with Gasteiger partial charge in [-0.15, -0.1) is 0 Å². The van der Waals surface area contributed by atoms with Crippen molar-refractivity contribution in [3.05, 3.63) is 24.0 Å². The fraction of sp³-hybridized carbons (Fsp3) is 0.643. The molecule has 18 heavy (non-hydrogen) atoms. The molecule has 2 atom stereocenters. The van der Waals surface area contributed by atoms with E-state index in [0.717, 1.165) is 26.2 Å². The summed E-state index contributed by atoms with van der Waals surface area (Å²) in [5, 5.41) is 3.38. The molecule has 1 fully saturated rings. The van der Waals surface area contributed by atoms with E-state index in [2.05, 4.69) is 42.0 Å². The van der Waals surface area contributed by atoms with E-state index in [0.29, 0.717) is 6.04 Å². The Morgan fingerprint density at radius 3 is 3.11 bits per heavy atom. The first-order valence-corrected chi connectivity index (χ1v) is 6.74. The maximum atomic E-state index is 5.69. The lowest BCUT2D eigenvalue weighted by Gasteiger charge is -2.39. The molecule has 0 bridgehead atoms. The van der Waals surface area contributed by atoms with Crippen molar-refractivity contribution in [1.82, 2.24) is 10.3 Å². The van der Waals surface area contributed by atoms with Crippen LogP contribution in [0.4, 0.5) is 5.69 Å². The molecule has 1 aromatic rings. The van der Waals surface area contributed by atoms with Gasteiger partial charge in [0, 0.05) is 25.3 Å². The van der Waals surface area contributed by atoms with Crippen molar-refractivity contribution < 1.29 is 4.74 Å². The van der Waals surface area contributed by atoms with E-state index in [9.17, 15) is 0 Å². The van der Waals surface area contributed by atoms with Crippen molar-refractivity contribution >= 4 is 5.69 Å². The summed E-state index contributed by atoms with van der Waals surface area (Å²) in [6, 6.07) is 2.51. The Bertz CT molecular complexity index is 383. The van der Waals surface area contributed by atoms with Gasteiger partial charge >= 0.3 is 0 Å². The molecule has 1 N–H and O–H groups in total. The van der Waals surface area contributed by atoms with E-state index >= 15 is 0 Å². The lowest BCUT2D eigenvalue weighted by atomic mass is 10.1. The molecule has 0 aromatic carbocycles. The minimum atomic E-state index is 0.286. The zero-order chi connectivity index (χ0) is 13.0. The van der Waals surface area contributed by atoms with Gasteiger partial charge in [0.1, 0.15) is 0 Å². The van der Waals surface area contributed by atoms with Crippen LogP contribution in [0.25, 0.3) is 0 Å². The number of hydrogen-bond donors (Lipinski definition) is 1. The van der Waals surface area contributed by atoms with Crippen LogP contribution in [0.5, 0.6) is 0 Å². The third-order valence-corrected chi connectivity index (χ3v) is 3.37. The van der Waals surface area contributed by atoms with Gasteiger partial charge in [0.15, 0.2) is 0 Å². The van der Waals surface area contributed by atoms with Gasteiger partial charge < -0.3 is 15.0 Å². The molecule has 4 heteroatoms. The van der Waals surface area contributed by atoms with Crippen molar-refractivity contribution in [2.75, 3.05) is 24.6 Å². The van der Waals surface area contributed by atoms with Crippen LogP contribution in [0.1, 0.15) is 26.3 Å². The predicted molar refractivity (Wildman–Crippen MR) is 73.8 cm³/mol. The largest absolute Gasteiger partial charge is 0.375 e. The molecular formula is C14H23N3O. The summed E-state index contributed by atoms with van der Waals surface area (Å²) in [4.78, 5) is 6.69. The first-order valence-electron chi connectivity index (χ1n) is 6.74. The molecule has 1 aromatic heterocycles. The van der Waals surface area contributed by atoms with Gasteiger partial charge in [-0.05, 0) is 32.0 Å². The minimum Gasteiger partial charge on any atom is -0.375 e. The minimum absolute atomic E-state index is 0.286. The molecular weight excluding hydrogens is 226 g/mol. The Balaban J connectivity index is 2.19. The van der Waals surface area contributed by atoms with Crippen LogP contribution in [0.2, 0.25) is 0 Å². The maximum absolute atomic E-state index is 5.69. The molecule has 2 heterocycles.